The van der Waals surface area contributed by atoms with Crippen LogP contribution in [0.1, 0.15) is 10.4 Å². The molecule has 1 N–H and O–H groups in total. The van der Waals surface area contributed by atoms with Gasteiger partial charge in [-0.2, -0.15) is 4.52 Å². The van der Waals surface area contributed by atoms with E-state index < -0.39 is 5.69 Å². The predicted octanol–water partition coefficient (Wildman–Crippen LogP) is 4.09. The molecule has 9 nitrogen and oxygen atoms in total. The molecule has 0 unspecified atom stereocenters. The normalized spacial score (nSPS) is 11.4. The van der Waals surface area contributed by atoms with Crippen LogP contribution in [-0.2, 0) is 6.54 Å². The number of nitrogens with zero attached hydrogens (tertiary/aromatic N) is 4. The van der Waals surface area contributed by atoms with Crippen LogP contribution in [0.15, 0.2) is 77.7 Å². The molecule has 0 atom stereocenters. The topological polar surface area (TPSA) is 104 Å². The molecule has 0 saturated heterocycles. The Morgan fingerprint density at radius 3 is 2.39 bits per heavy atom. The summed E-state index contributed by atoms with van der Waals surface area (Å²) in [4.78, 5) is 34.7. The molecule has 6 rings (SSSR count). The van der Waals surface area contributed by atoms with Crippen LogP contribution < -0.4 is 15.2 Å². The molecule has 0 saturated carbocycles. The second-order valence-corrected chi connectivity index (χ2v) is 8.33. The van der Waals surface area contributed by atoms with Crippen molar-refractivity contribution in [3.8, 4) is 22.9 Å². The number of ketones is 1. The van der Waals surface area contributed by atoms with Crippen LogP contribution in [0.25, 0.3) is 38.8 Å². The number of aromatic nitrogens is 5. The average Bonchev–Trinajstić information content (AvgIpc) is 3.56. The number of aromatic amines is 1. The van der Waals surface area contributed by atoms with Crippen molar-refractivity contribution < 1.29 is 14.3 Å². The first-order valence-electron chi connectivity index (χ1n) is 11.3. The van der Waals surface area contributed by atoms with Crippen molar-refractivity contribution >= 4 is 33.2 Å². The van der Waals surface area contributed by atoms with Gasteiger partial charge in [-0.25, -0.2) is 9.78 Å². The summed E-state index contributed by atoms with van der Waals surface area (Å²) >= 11 is 0. The number of ether oxygens (including phenoxy) is 2. The summed E-state index contributed by atoms with van der Waals surface area (Å²) in [6.45, 7) is -0.140. The van der Waals surface area contributed by atoms with E-state index in [2.05, 4.69) is 15.1 Å². The molecule has 3 aromatic heterocycles. The summed E-state index contributed by atoms with van der Waals surface area (Å²) in [5.74, 6) is 1.32. The Hall–Kier alpha value is -4.92. The summed E-state index contributed by atoms with van der Waals surface area (Å²) in [6.07, 6.45) is 1.68. The third-order valence-electron chi connectivity index (χ3n) is 6.26. The quantitative estimate of drug-likeness (QED) is 0.361. The Morgan fingerprint density at radius 1 is 0.944 bits per heavy atom. The van der Waals surface area contributed by atoms with E-state index in [1.165, 1.54) is 9.08 Å². The van der Waals surface area contributed by atoms with E-state index >= 15 is 0 Å². The molecule has 0 radical (unpaired) electrons. The van der Waals surface area contributed by atoms with Gasteiger partial charge >= 0.3 is 5.69 Å². The zero-order chi connectivity index (χ0) is 24.8. The Kier molecular flexibility index (Phi) is 5.03. The number of carbonyl (C=O) groups is 1. The van der Waals surface area contributed by atoms with Crippen molar-refractivity contribution in [2.45, 2.75) is 6.54 Å². The minimum Gasteiger partial charge on any atom is -0.497 e. The first-order chi connectivity index (χ1) is 17.6. The Balaban J connectivity index is 1.52. The highest BCUT2D eigenvalue weighted by Gasteiger charge is 2.20. The maximum atomic E-state index is 13.6. The molecule has 0 aliphatic rings. The Labute approximate surface area is 204 Å². The van der Waals surface area contributed by atoms with Gasteiger partial charge in [0.2, 0.25) is 0 Å². The highest BCUT2D eigenvalue weighted by molar-refractivity contribution is 6.08. The molecule has 0 aliphatic carbocycles. The predicted molar refractivity (Wildman–Crippen MR) is 136 cm³/mol. The lowest BCUT2D eigenvalue weighted by Gasteiger charge is -2.10. The van der Waals surface area contributed by atoms with E-state index in [9.17, 15) is 9.59 Å². The lowest BCUT2D eigenvalue weighted by molar-refractivity contribution is 0.0973. The zero-order valence-electron chi connectivity index (χ0n) is 19.6. The summed E-state index contributed by atoms with van der Waals surface area (Å²) in [5.41, 5.74) is 2.59. The summed E-state index contributed by atoms with van der Waals surface area (Å²) in [7, 11) is 3.12. The standard InChI is InChI=1S/C27H21N5O4/c1-35-17-11-16(12-18(13-17)36-2)25-29-26-20-8-4-6-10-23(20)31(27(34)32(26)30-25)15-24(33)21-14-28-22-9-5-3-7-19(21)22/h3-14,28H,15H2,1-2H3. The van der Waals surface area contributed by atoms with Crippen molar-refractivity contribution in [1.82, 2.24) is 24.1 Å². The van der Waals surface area contributed by atoms with E-state index in [-0.39, 0.29) is 12.3 Å². The van der Waals surface area contributed by atoms with Crippen molar-refractivity contribution in [3.63, 3.8) is 0 Å². The molecule has 9 heteroatoms. The van der Waals surface area contributed by atoms with Crippen LogP contribution >= 0.6 is 0 Å². The molecule has 178 valence electrons. The fourth-order valence-electron chi connectivity index (χ4n) is 4.48. The van der Waals surface area contributed by atoms with Crippen LogP contribution in [0.2, 0.25) is 0 Å². The fourth-order valence-corrected chi connectivity index (χ4v) is 4.48. The third kappa shape index (κ3) is 3.40. The molecular formula is C27H21N5O4. The van der Waals surface area contributed by atoms with Crippen molar-refractivity contribution in [3.05, 3.63) is 89.0 Å². The summed E-state index contributed by atoms with van der Waals surface area (Å²) in [6, 6.07) is 20.2. The molecule has 3 heterocycles. The van der Waals surface area contributed by atoms with Crippen molar-refractivity contribution in [2.75, 3.05) is 14.2 Å². The van der Waals surface area contributed by atoms with Crippen LogP contribution in [-0.4, -0.2) is 44.2 Å². The van der Waals surface area contributed by atoms with Gasteiger partial charge in [-0.05, 0) is 30.3 Å². The van der Waals surface area contributed by atoms with Crippen molar-refractivity contribution in [2.24, 2.45) is 0 Å². The van der Waals surface area contributed by atoms with Crippen molar-refractivity contribution in [1.29, 1.82) is 0 Å². The molecule has 0 spiro atoms. The fraction of sp³-hybridized carbons (Fsp3) is 0.111. The van der Waals surface area contributed by atoms with E-state index in [1.807, 2.05) is 48.5 Å². The number of benzene rings is 3. The number of H-pyrrole nitrogens is 1. The van der Waals surface area contributed by atoms with E-state index in [0.717, 1.165) is 10.9 Å². The molecule has 36 heavy (non-hydrogen) atoms. The number of rotatable bonds is 6. The van der Waals surface area contributed by atoms with Crippen LogP contribution in [0, 0.1) is 0 Å². The van der Waals surface area contributed by atoms with Gasteiger partial charge in [0.25, 0.3) is 0 Å². The molecule has 0 aliphatic heterocycles. The lowest BCUT2D eigenvalue weighted by atomic mass is 10.1. The van der Waals surface area contributed by atoms with Gasteiger partial charge in [0.05, 0.1) is 26.3 Å². The first kappa shape index (κ1) is 21.6. The molecule has 0 bridgehead atoms. The van der Waals surface area contributed by atoms with Gasteiger partial charge in [-0.3, -0.25) is 9.36 Å². The lowest BCUT2D eigenvalue weighted by Crippen LogP contribution is -2.30. The molecule has 0 amide bonds. The number of Topliss-reactive ketones (excluding diaryl/α,β-unsaturated/α-hetero) is 1. The highest BCUT2D eigenvalue weighted by atomic mass is 16.5. The number of carbonyl (C=O) groups excluding carboxylic acids is 1. The van der Waals surface area contributed by atoms with Gasteiger partial charge in [-0.1, -0.05) is 30.3 Å². The molecule has 6 aromatic rings. The largest absolute Gasteiger partial charge is 0.497 e. The van der Waals surface area contributed by atoms with Crippen LogP contribution in [0.5, 0.6) is 11.5 Å². The minimum absolute atomic E-state index is 0.140. The van der Waals surface area contributed by atoms with Crippen LogP contribution in [0.4, 0.5) is 0 Å². The number of para-hydroxylation sites is 2. The van der Waals surface area contributed by atoms with Gasteiger partial charge in [0.15, 0.2) is 17.3 Å². The van der Waals surface area contributed by atoms with Gasteiger partial charge in [0.1, 0.15) is 11.5 Å². The number of nitrogens with one attached hydrogen (secondary N) is 1. The smallest absolute Gasteiger partial charge is 0.351 e. The summed E-state index contributed by atoms with van der Waals surface area (Å²) < 4.78 is 13.4. The average molecular weight is 479 g/mol. The Morgan fingerprint density at radius 2 is 1.64 bits per heavy atom. The number of hydrogen-bond acceptors (Lipinski definition) is 6. The minimum atomic E-state index is -0.453. The van der Waals surface area contributed by atoms with Gasteiger partial charge in [-0.15, -0.1) is 5.10 Å². The maximum absolute atomic E-state index is 13.6. The van der Waals surface area contributed by atoms with Gasteiger partial charge < -0.3 is 14.5 Å². The molecule has 3 aromatic carbocycles. The zero-order valence-corrected chi connectivity index (χ0v) is 19.6. The van der Waals surface area contributed by atoms with E-state index in [0.29, 0.717) is 45.0 Å². The highest BCUT2D eigenvalue weighted by Crippen LogP contribution is 2.29. The summed E-state index contributed by atoms with van der Waals surface area (Å²) in [5, 5.41) is 6.03. The van der Waals surface area contributed by atoms with Crippen LogP contribution in [0.3, 0.4) is 0 Å². The molecular weight excluding hydrogens is 458 g/mol. The monoisotopic (exact) mass is 479 g/mol. The first-order valence-corrected chi connectivity index (χ1v) is 11.3. The maximum Gasteiger partial charge on any atom is 0.351 e. The van der Waals surface area contributed by atoms with E-state index in [1.54, 1.807) is 38.6 Å². The number of methoxy groups -OCH3 is 2. The second kappa shape index (κ2) is 8.38. The van der Waals surface area contributed by atoms with E-state index in [4.69, 9.17) is 9.47 Å². The third-order valence-corrected chi connectivity index (χ3v) is 6.26. The number of hydrogen-bond donors (Lipinski definition) is 1. The number of fused-ring (bicyclic) bond motifs is 4. The Bertz CT molecular complexity index is 1820. The SMILES string of the molecule is COc1cc(OC)cc(-c2nc3c4ccccc4n(CC(=O)c4c[nH]c5ccccc45)c(=O)n3n2)c1. The second-order valence-electron chi connectivity index (χ2n) is 8.33. The molecule has 0 fully saturated rings. The van der Waals surface area contributed by atoms with Gasteiger partial charge in [0, 0.05) is 39.7 Å².